The van der Waals surface area contributed by atoms with Crippen molar-refractivity contribution in [2.75, 3.05) is 13.1 Å². The minimum atomic E-state index is -0.163. The molecule has 2 heterocycles. The molecular weight excluding hydrogens is 314 g/mol. The molecule has 0 fully saturated rings. The van der Waals surface area contributed by atoms with Gasteiger partial charge in [-0.2, -0.15) is 0 Å². The zero-order valence-electron chi connectivity index (χ0n) is 13.3. The van der Waals surface area contributed by atoms with Crippen LogP contribution in [0.3, 0.4) is 0 Å². The highest BCUT2D eigenvalue weighted by Crippen LogP contribution is 2.10. The second-order valence-electron chi connectivity index (χ2n) is 4.77. The van der Waals surface area contributed by atoms with E-state index in [1.807, 2.05) is 26.1 Å². The van der Waals surface area contributed by atoms with Crippen LogP contribution in [0.5, 0.6) is 0 Å². The van der Waals surface area contributed by atoms with Crippen LogP contribution in [0.15, 0.2) is 34.0 Å². The number of amides is 1. The van der Waals surface area contributed by atoms with Gasteiger partial charge in [-0.3, -0.25) is 4.79 Å². The van der Waals surface area contributed by atoms with E-state index in [1.165, 1.54) is 4.88 Å². The molecule has 0 aromatic carbocycles. The zero-order chi connectivity index (χ0) is 16.5. The average Bonchev–Trinajstić information content (AvgIpc) is 3.19. The van der Waals surface area contributed by atoms with Crippen LogP contribution in [0.25, 0.3) is 0 Å². The highest BCUT2D eigenvalue weighted by Gasteiger charge is 2.04. The Kier molecular flexibility index (Phi) is 6.61. The summed E-state index contributed by atoms with van der Waals surface area (Å²) in [6.07, 6.45) is 3.42. The molecule has 0 bridgehead atoms. The molecule has 0 aliphatic rings. The van der Waals surface area contributed by atoms with Crippen molar-refractivity contribution in [2.45, 2.75) is 26.9 Å². The number of aromatic nitrogens is 1. The Morgan fingerprint density at radius 2 is 2.22 bits per heavy atom. The largest absolute Gasteiger partial charge is 0.467 e. The average molecular weight is 335 g/mol. The number of hydrogen-bond acceptors (Lipinski definition) is 5. The van der Waals surface area contributed by atoms with Crippen molar-refractivity contribution in [3.8, 4) is 0 Å². The van der Waals surface area contributed by atoms with Crippen molar-refractivity contribution in [1.29, 1.82) is 0 Å². The van der Waals surface area contributed by atoms with Crippen LogP contribution in [0.1, 0.15) is 22.6 Å². The quantitative estimate of drug-likeness (QED) is 0.526. The van der Waals surface area contributed by atoms with Crippen molar-refractivity contribution < 1.29 is 9.21 Å². The number of furan rings is 1. The fraction of sp³-hybridized carbons (Fsp3) is 0.400. The first-order valence-electron chi connectivity index (χ1n) is 7.40. The predicted octanol–water partition coefficient (Wildman–Crippen LogP) is 1.42. The van der Waals surface area contributed by atoms with Crippen LogP contribution in [0.2, 0.25) is 0 Å². The summed E-state index contributed by atoms with van der Waals surface area (Å²) in [5.74, 6) is 1.14. The van der Waals surface area contributed by atoms with Gasteiger partial charge in [-0.15, -0.1) is 11.3 Å². The van der Waals surface area contributed by atoms with Gasteiger partial charge < -0.3 is 20.4 Å². The Morgan fingerprint density at radius 1 is 1.35 bits per heavy atom. The summed E-state index contributed by atoms with van der Waals surface area (Å²) in [6.45, 7) is 5.71. The van der Waals surface area contributed by atoms with Gasteiger partial charge in [-0.1, -0.05) is 0 Å². The smallest absolute Gasteiger partial charge is 0.242 e. The maximum absolute atomic E-state index is 11.8. The first-order valence-corrected chi connectivity index (χ1v) is 8.21. The Hall–Kier alpha value is -2.35. The van der Waals surface area contributed by atoms with Crippen LogP contribution in [0, 0.1) is 6.92 Å². The summed E-state index contributed by atoms with van der Waals surface area (Å²) in [4.78, 5) is 21.5. The van der Waals surface area contributed by atoms with Gasteiger partial charge in [0.2, 0.25) is 5.91 Å². The first-order chi connectivity index (χ1) is 11.2. The van der Waals surface area contributed by atoms with Crippen molar-refractivity contribution in [1.82, 2.24) is 20.9 Å². The van der Waals surface area contributed by atoms with E-state index >= 15 is 0 Å². The topological polar surface area (TPSA) is 91.5 Å². The highest BCUT2D eigenvalue weighted by atomic mass is 32.1. The van der Waals surface area contributed by atoms with Gasteiger partial charge in [0, 0.05) is 17.6 Å². The molecule has 0 aliphatic carbocycles. The number of rotatable bonds is 7. The normalized spacial score (nSPS) is 11.3. The Bertz CT molecular complexity index is 636. The molecule has 0 unspecified atom stereocenters. The van der Waals surface area contributed by atoms with Gasteiger partial charge >= 0.3 is 0 Å². The molecular formula is C15H21N5O2S. The van der Waals surface area contributed by atoms with Gasteiger partial charge in [0.15, 0.2) is 5.96 Å². The lowest BCUT2D eigenvalue weighted by Gasteiger charge is -2.10. The third-order valence-electron chi connectivity index (χ3n) is 2.84. The molecule has 3 N–H and O–H groups in total. The lowest BCUT2D eigenvalue weighted by Crippen LogP contribution is -2.38. The number of carbonyl (C=O) groups is 1. The molecule has 7 nitrogen and oxygen atoms in total. The van der Waals surface area contributed by atoms with E-state index in [-0.39, 0.29) is 12.5 Å². The number of nitrogens with one attached hydrogen (secondary N) is 3. The summed E-state index contributed by atoms with van der Waals surface area (Å²) >= 11 is 1.63. The van der Waals surface area contributed by atoms with E-state index < -0.39 is 0 Å². The third-order valence-corrected chi connectivity index (χ3v) is 3.75. The number of thiazole rings is 1. The van der Waals surface area contributed by atoms with E-state index in [1.54, 1.807) is 23.7 Å². The fourth-order valence-corrected chi connectivity index (χ4v) is 2.52. The molecule has 0 spiro atoms. The van der Waals surface area contributed by atoms with Crippen molar-refractivity contribution in [3.63, 3.8) is 0 Å². The summed E-state index contributed by atoms with van der Waals surface area (Å²) < 4.78 is 5.16. The van der Waals surface area contributed by atoms with Crippen LogP contribution in [-0.2, 0) is 17.9 Å². The standard InChI is InChI=1S/C15H21N5O2S/c1-3-16-15(20-10-14-18-7-11(2)23-14)19-9-13(21)17-8-12-5-4-6-22-12/h4-7H,3,8-10H2,1-2H3,(H,17,21)(H2,16,19,20). The molecule has 2 aromatic rings. The number of aliphatic imine (C=N–C) groups is 1. The van der Waals surface area contributed by atoms with E-state index in [4.69, 9.17) is 4.42 Å². The number of hydrogen-bond donors (Lipinski definition) is 3. The molecule has 23 heavy (non-hydrogen) atoms. The molecule has 124 valence electrons. The molecule has 0 saturated heterocycles. The maximum Gasteiger partial charge on any atom is 0.242 e. The molecule has 0 aliphatic heterocycles. The van der Waals surface area contributed by atoms with Gasteiger partial charge in [-0.05, 0) is 26.0 Å². The summed E-state index contributed by atoms with van der Waals surface area (Å²) in [7, 11) is 0. The number of carbonyl (C=O) groups excluding carboxylic acids is 1. The van der Waals surface area contributed by atoms with E-state index in [0.29, 0.717) is 24.8 Å². The second kappa shape index (κ2) is 8.94. The van der Waals surface area contributed by atoms with Gasteiger partial charge in [0.25, 0.3) is 0 Å². The maximum atomic E-state index is 11.8. The monoisotopic (exact) mass is 335 g/mol. The van der Waals surface area contributed by atoms with E-state index in [2.05, 4.69) is 25.9 Å². The zero-order valence-corrected chi connectivity index (χ0v) is 14.1. The summed E-state index contributed by atoms with van der Waals surface area (Å²) in [6, 6.07) is 3.60. The molecule has 2 aromatic heterocycles. The van der Waals surface area contributed by atoms with Crippen LogP contribution in [-0.4, -0.2) is 29.9 Å². The Labute approximate surface area is 139 Å². The molecule has 0 saturated carbocycles. The van der Waals surface area contributed by atoms with Crippen molar-refractivity contribution >= 4 is 23.2 Å². The van der Waals surface area contributed by atoms with Crippen molar-refractivity contribution in [2.24, 2.45) is 4.99 Å². The van der Waals surface area contributed by atoms with Crippen LogP contribution in [0.4, 0.5) is 0 Å². The Balaban J connectivity index is 1.78. The second-order valence-corrected chi connectivity index (χ2v) is 6.09. The molecule has 8 heteroatoms. The molecule has 0 radical (unpaired) electrons. The van der Waals surface area contributed by atoms with E-state index in [9.17, 15) is 4.79 Å². The first kappa shape index (κ1) is 17.0. The lowest BCUT2D eigenvalue weighted by molar-refractivity contribution is -0.119. The predicted molar refractivity (Wildman–Crippen MR) is 90.2 cm³/mol. The van der Waals surface area contributed by atoms with Crippen LogP contribution < -0.4 is 16.0 Å². The number of aryl methyl sites for hydroxylation is 1. The Morgan fingerprint density at radius 3 is 2.87 bits per heavy atom. The minimum Gasteiger partial charge on any atom is -0.467 e. The lowest BCUT2D eigenvalue weighted by atomic mass is 10.4. The van der Waals surface area contributed by atoms with Gasteiger partial charge in [-0.25, -0.2) is 9.98 Å². The summed E-state index contributed by atoms with van der Waals surface area (Å²) in [5.41, 5.74) is 0. The molecule has 1 amide bonds. The van der Waals surface area contributed by atoms with Gasteiger partial charge in [0.1, 0.15) is 17.3 Å². The van der Waals surface area contributed by atoms with Crippen LogP contribution >= 0.6 is 11.3 Å². The molecule has 2 rings (SSSR count). The number of guanidine groups is 1. The van der Waals surface area contributed by atoms with Gasteiger partial charge in [0.05, 0.1) is 19.4 Å². The fourth-order valence-electron chi connectivity index (χ4n) is 1.79. The van der Waals surface area contributed by atoms with E-state index in [0.717, 1.165) is 11.6 Å². The van der Waals surface area contributed by atoms with Crippen molar-refractivity contribution in [3.05, 3.63) is 40.2 Å². The SMILES string of the molecule is CCNC(=NCC(=O)NCc1ccco1)NCc1ncc(C)s1. The highest BCUT2D eigenvalue weighted by molar-refractivity contribution is 7.11. The number of nitrogens with zero attached hydrogens (tertiary/aromatic N) is 2. The summed E-state index contributed by atoms with van der Waals surface area (Å²) in [5, 5.41) is 10.0. The third kappa shape index (κ3) is 6.11. The minimum absolute atomic E-state index is 0.0486. The molecule has 0 atom stereocenters.